The predicted octanol–water partition coefficient (Wildman–Crippen LogP) is 2.98. The summed E-state index contributed by atoms with van der Waals surface area (Å²) < 4.78 is 6.13. The fourth-order valence-corrected chi connectivity index (χ4v) is 9.66. The monoisotopic (exact) mass is 378 g/mol. The van der Waals surface area contributed by atoms with Gasteiger partial charge < -0.3 is 20.1 Å². The largest absolute Gasteiger partial charge is 0.396 e. The molecule has 3 N–H and O–H groups in total. The van der Waals surface area contributed by atoms with E-state index in [4.69, 9.17) is 4.74 Å². The summed E-state index contributed by atoms with van der Waals surface area (Å²) in [4.78, 5) is 0. The SMILES string of the molecule is CO[C@@H]1C[C@H]2[C@@H]3C[C@H](O)[C@](O)([C@H](C)CO)[C@@]3(C)CC[C@@H]2[C@@]2(C)CC[C@@H]3C[C@]312. The summed E-state index contributed by atoms with van der Waals surface area (Å²) in [6.07, 6.45) is 7.48. The summed E-state index contributed by atoms with van der Waals surface area (Å²) >= 11 is 0. The number of aliphatic hydroxyl groups excluding tert-OH is 2. The molecule has 0 bridgehead atoms. The van der Waals surface area contributed by atoms with E-state index in [0.29, 0.717) is 41.1 Å². The van der Waals surface area contributed by atoms with Crippen LogP contribution in [0.3, 0.4) is 0 Å². The van der Waals surface area contributed by atoms with Gasteiger partial charge in [-0.3, -0.25) is 0 Å². The number of fused-ring (bicyclic) bond motifs is 4. The molecule has 0 radical (unpaired) electrons. The lowest BCUT2D eigenvalue weighted by Gasteiger charge is -2.61. The van der Waals surface area contributed by atoms with E-state index < -0.39 is 11.7 Å². The highest BCUT2D eigenvalue weighted by Gasteiger charge is 2.78. The van der Waals surface area contributed by atoms with Gasteiger partial charge in [-0.25, -0.2) is 0 Å². The van der Waals surface area contributed by atoms with Crippen LogP contribution < -0.4 is 0 Å². The molecule has 11 atom stereocenters. The van der Waals surface area contributed by atoms with E-state index in [1.54, 1.807) is 0 Å². The van der Waals surface area contributed by atoms with Gasteiger partial charge in [0.1, 0.15) is 5.60 Å². The van der Waals surface area contributed by atoms with Crippen LogP contribution in [-0.2, 0) is 4.74 Å². The van der Waals surface area contributed by atoms with Gasteiger partial charge in [0.2, 0.25) is 0 Å². The molecule has 5 aliphatic carbocycles. The summed E-state index contributed by atoms with van der Waals surface area (Å²) in [5.74, 6) is 2.07. The van der Waals surface area contributed by atoms with Crippen molar-refractivity contribution in [1.29, 1.82) is 0 Å². The van der Waals surface area contributed by atoms with Crippen LogP contribution in [0.4, 0.5) is 0 Å². The minimum absolute atomic E-state index is 0.0762. The quantitative estimate of drug-likeness (QED) is 0.706. The molecular formula is C23H38O4. The molecule has 5 fully saturated rings. The standard InChI is InChI=1S/C23H38O4/c1-13(12-24)23(26)18(25)10-17-15-9-19(27-4)22-11-14(22)5-7-20(22,2)16(15)6-8-21(17,23)3/h13-19,24-26H,5-12H2,1-4H3/t13-,14-,15-,16+,17+,18+,19-,20-,21+,22+,23-/m1/s1. The van der Waals surface area contributed by atoms with Crippen molar-refractivity contribution in [3.8, 4) is 0 Å². The molecule has 4 nitrogen and oxygen atoms in total. The minimum atomic E-state index is -1.19. The Hall–Kier alpha value is -0.160. The highest BCUT2D eigenvalue weighted by Crippen LogP contribution is 2.82. The zero-order valence-corrected chi connectivity index (χ0v) is 17.4. The maximum atomic E-state index is 11.7. The van der Waals surface area contributed by atoms with Crippen LogP contribution in [-0.4, -0.2) is 46.8 Å². The first kappa shape index (κ1) is 18.8. The van der Waals surface area contributed by atoms with Gasteiger partial charge in [0.25, 0.3) is 0 Å². The Morgan fingerprint density at radius 2 is 1.78 bits per heavy atom. The Kier molecular flexibility index (Phi) is 3.84. The van der Waals surface area contributed by atoms with Crippen LogP contribution >= 0.6 is 0 Å². The predicted molar refractivity (Wildman–Crippen MR) is 103 cm³/mol. The number of methoxy groups -OCH3 is 1. The Morgan fingerprint density at radius 1 is 1.07 bits per heavy atom. The molecule has 4 heteroatoms. The average molecular weight is 379 g/mol. The van der Waals surface area contributed by atoms with E-state index >= 15 is 0 Å². The minimum Gasteiger partial charge on any atom is -0.396 e. The zero-order chi connectivity index (χ0) is 19.4. The molecular weight excluding hydrogens is 340 g/mol. The highest BCUT2D eigenvalue weighted by atomic mass is 16.5. The van der Waals surface area contributed by atoms with Gasteiger partial charge in [-0.05, 0) is 74.0 Å². The number of rotatable bonds is 3. The molecule has 154 valence electrons. The molecule has 5 rings (SSSR count). The van der Waals surface area contributed by atoms with Crippen molar-refractivity contribution in [1.82, 2.24) is 0 Å². The van der Waals surface area contributed by atoms with Crippen molar-refractivity contribution in [3.63, 3.8) is 0 Å². The second-order valence-electron chi connectivity index (χ2n) is 11.4. The lowest BCUT2D eigenvalue weighted by Crippen LogP contribution is -2.61. The maximum Gasteiger partial charge on any atom is 0.101 e. The fraction of sp³-hybridized carbons (Fsp3) is 1.00. The molecule has 0 saturated heterocycles. The first-order valence-corrected chi connectivity index (χ1v) is 11.2. The van der Waals surface area contributed by atoms with Gasteiger partial charge in [0, 0.05) is 30.5 Å². The van der Waals surface area contributed by atoms with Crippen LogP contribution in [0.15, 0.2) is 0 Å². The summed E-state index contributed by atoms with van der Waals surface area (Å²) in [6, 6.07) is 0. The van der Waals surface area contributed by atoms with Crippen LogP contribution in [0.5, 0.6) is 0 Å². The molecule has 0 aromatic rings. The summed E-state index contributed by atoms with van der Waals surface area (Å²) in [5, 5.41) is 32.5. The summed E-state index contributed by atoms with van der Waals surface area (Å²) in [7, 11) is 1.89. The molecule has 1 spiro atoms. The third kappa shape index (κ3) is 1.86. The van der Waals surface area contributed by atoms with E-state index in [1.807, 2.05) is 14.0 Å². The smallest absolute Gasteiger partial charge is 0.101 e. The average Bonchev–Trinajstić information content (AvgIpc) is 3.25. The third-order valence-electron chi connectivity index (χ3n) is 11.1. The van der Waals surface area contributed by atoms with Gasteiger partial charge in [-0.15, -0.1) is 0 Å². The summed E-state index contributed by atoms with van der Waals surface area (Å²) in [5.41, 5.74) is -0.746. The Balaban J connectivity index is 1.54. The number of hydrogen-bond donors (Lipinski definition) is 3. The van der Waals surface area contributed by atoms with Crippen molar-refractivity contribution in [2.75, 3.05) is 13.7 Å². The van der Waals surface area contributed by atoms with E-state index in [1.165, 1.54) is 19.3 Å². The molecule has 0 unspecified atom stereocenters. The molecule has 5 aliphatic rings. The first-order valence-electron chi connectivity index (χ1n) is 11.2. The number of hydrogen-bond acceptors (Lipinski definition) is 4. The Labute approximate surface area is 163 Å². The van der Waals surface area contributed by atoms with Crippen LogP contribution in [0.25, 0.3) is 0 Å². The van der Waals surface area contributed by atoms with E-state index in [2.05, 4.69) is 13.8 Å². The van der Waals surface area contributed by atoms with Crippen LogP contribution in [0.1, 0.15) is 65.7 Å². The molecule has 0 aromatic carbocycles. The van der Waals surface area contributed by atoms with E-state index in [-0.39, 0.29) is 17.9 Å². The van der Waals surface area contributed by atoms with Crippen molar-refractivity contribution in [3.05, 3.63) is 0 Å². The molecule has 27 heavy (non-hydrogen) atoms. The molecule has 0 aliphatic heterocycles. The lowest BCUT2D eigenvalue weighted by atomic mass is 9.44. The highest BCUT2D eigenvalue weighted by molar-refractivity contribution is 5.27. The maximum absolute atomic E-state index is 11.7. The number of ether oxygens (including phenoxy) is 1. The van der Waals surface area contributed by atoms with Gasteiger partial charge in [0.15, 0.2) is 0 Å². The van der Waals surface area contributed by atoms with Crippen molar-refractivity contribution >= 4 is 0 Å². The third-order valence-corrected chi connectivity index (χ3v) is 11.1. The molecule has 0 heterocycles. The van der Waals surface area contributed by atoms with Gasteiger partial charge in [-0.1, -0.05) is 20.8 Å². The van der Waals surface area contributed by atoms with Gasteiger partial charge >= 0.3 is 0 Å². The lowest BCUT2D eigenvalue weighted by molar-refractivity contribution is -0.206. The zero-order valence-electron chi connectivity index (χ0n) is 17.4. The second-order valence-corrected chi connectivity index (χ2v) is 11.4. The van der Waals surface area contributed by atoms with E-state index in [0.717, 1.165) is 25.2 Å². The van der Waals surface area contributed by atoms with Crippen molar-refractivity contribution < 1.29 is 20.1 Å². The topological polar surface area (TPSA) is 69.9 Å². The molecule has 0 aromatic heterocycles. The first-order chi connectivity index (χ1) is 12.7. The van der Waals surface area contributed by atoms with Crippen LogP contribution in [0, 0.1) is 45.8 Å². The Morgan fingerprint density at radius 3 is 2.41 bits per heavy atom. The van der Waals surface area contributed by atoms with Gasteiger partial charge in [-0.2, -0.15) is 0 Å². The van der Waals surface area contributed by atoms with Crippen molar-refractivity contribution in [2.24, 2.45) is 45.8 Å². The van der Waals surface area contributed by atoms with Crippen LogP contribution in [0.2, 0.25) is 0 Å². The second kappa shape index (κ2) is 5.50. The summed E-state index contributed by atoms with van der Waals surface area (Å²) in [6.45, 7) is 6.55. The fourth-order valence-electron chi connectivity index (χ4n) is 9.66. The van der Waals surface area contributed by atoms with E-state index in [9.17, 15) is 15.3 Å². The van der Waals surface area contributed by atoms with Crippen molar-refractivity contribution in [2.45, 2.75) is 83.5 Å². The molecule has 0 amide bonds. The normalized spacial score (nSPS) is 62.3. The van der Waals surface area contributed by atoms with Gasteiger partial charge in [0.05, 0.1) is 12.2 Å². The molecule has 5 saturated carbocycles. The number of aliphatic hydroxyl groups is 3. The Bertz CT molecular complexity index is 638.